The molecule has 5 nitrogen and oxygen atoms in total. The van der Waals surface area contributed by atoms with E-state index in [9.17, 15) is 4.79 Å². The van der Waals surface area contributed by atoms with Gasteiger partial charge in [0.2, 0.25) is 5.91 Å². The Hall–Kier alpha value is -1.18. The topological polar surface area (TPSA) is 64.1 Å². The van der Waals surface area contributed by atoms with E-state index < -0.39 is 0 Å². The molecule has 1 fully saturated rings. The molecule has 0 radical (unpaired) electrons. The van der Waals surface area contributed by atoms with Gasteiger partial charge in [0.15, 0.2) is 0 Å². The largest absolute Gasteiger partial charge is 0.376 e. The van der Waals surface area contributed by atoms with Crippen LogP contribution in [0.3, 0.4) is 0 Å². The number of nitrogens with one attached hydrogen (secondary N) is 1. The lowest BCUT2D eigenvalue weighted by molar-refractivity contribution is -0.119. The van der Waals surface area contributed by atoms with Gasteiger partial charge >= 0.3 is 0 Å². The highest BCUT2D eigenvalue weighted by Gasteiger charge is 2.23. The third kappa shape index (κ3) is 3.68. The van der Waals surface area contributed by atoms with E-state index in [0.717, 1.165) is 54.4 Å². The first-order chi connectivity index (χ1) is 12.2. The number of carbonyl (C=O) groups is 1. The van der Waals surface area contributed by atoms with Crippen molar-refractivity contribution in [1.82, 2.24) is 15.3 Å². The number of hydrogen-bond donors (Lipinski definition) is 1. The summed E-state index contributed by atoms with van der Waals surface area (Å²) in [4.78, 5) is 24.2. The van der Waals surface area contributed by atoms with E-state index >= 15 is 0 Å². The van der Waals surface area contributed by atoms with E-state index in [1.807, 2.05) is 11.3 Å². The number of aromatic nitrogens is 2. The summed E-state index contributed by atoms with van der Waals surface area (Å²) in [7, 11) is 0. The van der Waals surface area contributed by atoms with Crippen molar-refractivity contribution in [3.05, 3.63) is 16.3 Å². The summed E-state index contributed by atoms with van der Waals surface area (Å²) in [5.74, 6) is 1.32. The quantitative estimate of drug-likeness (QED) is 0.619. The maximum Gasteiger partial charge on any atom is 0.230 e. The van der Waals surface area contributed by atoms with Crippen LogP contribution in [0, 0.1) is 0 Å². The first-order valence-corrected chi connectivity index (χ1v) is 10.9. The van der Waals surface area contributed by atoms with Crippen LogP contribution in [-0.2, 0) is 28.8 Å². The molecule has 2 aromatic rings. The van der Waals surface area contributed by atoms with Gasteiger partial charge in [-0.1, -0.05) is 18.7 Å². The van der Waals surface area contributed by atoms with Crippen molar-refractivity contribution in [2.75, 3.05) is 18.9 Å². The molecule has 1 atom stereocenters. The number of ether oxygens (including phenoxy) is 1. The van der Waals surface area contributed by atoms with Gasteiger partial charge in [-0.2, -0.15) is 0 Å². The van der Waals surface area contributed by atoms with E-state index in [1.165, 1.54) is 22.2 Å². The molecule has 3 heterocycles. The molecule has 25 heavy (non-hydrogen) atoms. The van der Waals surface area contributed by atoms with Gasteiger partial charge in [-0.15, -0.1) is 11.3 Å². The lowest BCUT2D eigenvalue weighted by Crippen LogP contribution is -2.32. The molecule has 0 aromatic carbocycles. The summed E-state index contributed by atoms with van der Waals surface area (Å²) >= 11 is 3.35. The smallest absolute Gasteiger partial charge is 0.230 e. The summed E-state index contributed by atoms with van der Waals surface area (Å²) in [5, 5.41) is 5.17. The second-order valence-corrected chi connectivity index (χ2v) is 8.61. The summed E-state index contributed by atoms with van der Waals surface area (Å²) in [6.07, 6.45) is 6.63. The molecule has 0 spiro atoms. The fraction of sp³-hybridized carbons (Fsp3) is 0.611. The summed E-state index contributed by atoms with van der Waals surface area (Å²) in [6.45, 7) is 3.51. The van der Waals surface area contributed by atoms with E-state index in [2.05, 4.69) is 12.2 Å². The third-order valence-electron chi connectivity index (χ3n) is 4.78. The third-order valence-corrected chi connectivity index (χ3v) is 6.95. The number of aryl methyl sites for hydroxylation is 3. The van der Waals surface area contributed by atoms with Crippen molar-refractivity contribution in [1.29, 1.82) is 0 Å². The van der Waals surface area contributed by atoms with E-state index in [1.54, 1.807) is 11.8 Å². The lowest BCUT2D eigenvalue weighted by atomic mass is 10.2. The highest BCUT2D eigenvalue weighted by Crippen LogP contribution is 2.40. The molecule has 1 aliphatic heterocycles. The predicted molar refractivity (Wildman–Crippen MR) is 102 cm³/mol. The minimum absolute atomic E-state index is 0.0529. The van der Waals surface area contributed by atoms with E-state index in [0.29, 0.717) is 12.3 Å². The Bertz CT molecular complexity index is 784. The average Bonchev–Trinajstić information content (AvgIpc) is 3.34. The number of rotatable bonds is 6. The molecule has 7 heteroatoms. The van der Waals surface area contributed by atoms with Crippen molar-refractivity contribution >= 4 is 39.2 Å². The molecular weight excluding hydrogens is 354 g/mol. The number of amides is 1. The van der Waals surface area contributed by atoms with Crippen molar-refractivity contribution < 1.29 is 9.53 Å². The predicted octanol–water partition coefficient (Wildman–Crippen LogP) is 3.13. The Morgan fingerprint density at radius 1 is 1.36 bits per heavy atom. The number of nitrogens with zero attached hydrogens (tertiary/aromatic N) is 2. The van der Waals surface area contributed by atoms with Crippen molar-refractivity contribution in [2.45, 2.75) is 56.6 Å². The number of carbonyl (C=O) groups excluding carboxylic acids is 1. The molecule has 134 valence electrons. The molecule has 1 amide bonds. The Morgan fingerprint density at radius 3 is 3.08 bits per heavy atom. The zero-order chi connectivity index (χ0) is 17.2. The van der Waals surface area contributed by atoms with Gasteiger partial charge in [0.05, 0.1) is 11.9 Å². The first-order valence-electron chi connectivity index (χ1n) is 9.07. The molecule has 0 bridgehead atoms. The molecule has 1 N–H and O–H groups in total. The normalized spacial score (nSPS) is 19.5. The van der Waals surface area contributed by atoms with Gasteiger partial charge in [0.25, 0.3) is 0 Å². The van der Waals surface area contributed by atoms with Crippen LogP contribution in [0.2, 0.25) is 0 Å². The molecule has 4 rings (SSSR count). The molecule has 0 unspecified atom stereocenters. The number of thioether (sulfide) groups is 1. The van der Waals surface area contributed by atoms with E-state index in [4.69, 9.17) is 14.7 Å². The molecule has 1 aliphatic carbocycles. The molecular formula is C18H23N3O2S2. The Morgan fingerprint density at radius 2 is 2.28 bits per heavy atom. The molecule has 1 saturated heterocycles. The van der Waals surface area contributed by atoms with Gasteiger partial charge in [-0.05, 0) is 37.7 Å². The van der Waals surface area contributed by atoms with Crippen LogP contribution in [0.1, 0.15) is 42.5 Å². The Balaban J connectivity index is 1.47. The zero-order valence-corrected chi connectivity index (χ0v) is 16.1. The summed E-state index contributed by atoms with van der Waals surface area (Å²) < 4.78 is 5.55. The van der Waals surface area contributed by atoms with Crippen molar-refractivity contribution in [2.24, 2.45) is 0 Å². The van der Waals surface area contributed by atoms with E-state index in [-0.39, 0.29) is 12.0 Å². The number of fused-ring (bicyclic) bond motifs is 3. The zero-order valence-electron chi connectivity index (χ0n) is 14.5. The monoisotopic (exact) mass is 377 g/mol. The van der Waals surface area contributed by atoms with Crippen LogP contribution in [0.5, 0.6) is 0 Å². The number of thiophene rings is 1. The molecule has 0 saturated carbocycles. The standard InChI is InChI=1S/C18H23N3O2S2/c1-2-14-20-17(16-12-6-3-7-13(12)25-18(16)21-14)24-10-15(22)19-9-11-5-4-8-23-11/h11H,2-10H2,1H3,(H,19,22)/t11-/m1/s1. The minimum Gasteiger partial charge on any atom is -0.376 e. The van der Waals surface area contributed by atoms with Crippen LogP contribution in [0.25, 0.3) is 10.2 Å². The average molecular weight is 378 g/mol. The van der Waals surface area contributed by atoms with Crippen LogP contribution < -0.4 is 5.32 Å². The summed E-state index contributed by atoms with van der Waals surface area (Å²) in [6, 6.07) is 0. The maximum atomic E-state index is 12.2. The fourth-order valence-corrected chi connectivity index (χ4v) is 5.73. The van der Waals surface area contributed by atoms with Crippen molar-refractivity contribution in [3.63, 3.8) is 0 Å². The Labute approximate surface area is 156 Å². The van der Waals surface area contributed by atoms with Crippen LogP contribution in [0.15, 0.2) is 5.03 Å². The van der Waals surface area contributed by atoms with Crippen LogP contribution in [-0.4, -0.2) is 40.9 Å². The van der Waals surface area contributed by atoms with Gasteiger partial charge < -0.3 is 10.1 Å². The number of hydrogen-bond acceptors (Lipinski definition) is 6. The summed E-state index contributed by atoms with van der Waals surface area (Å²) in [5.41, 5.74) is 1.42. The maximum absolute atomic E-state index is 12.2. The molecule has 2 aromatic heterocycles. The minimum atomic E-state index is 0.0529. The fourth-order valence-electron chi connectivity index (χ4n) is 3.48. The van der Waals surface area contributed by atoms with Crippen LogP contribution in [0.4, 0.5) is 0 Å². The van der Waals surface area contributed by atoms with Crippen molar-refractivity contribution in [3.8, 4) is 0 Å². The second-order valence-electron chi connectivity index (χ2n) is 6.56. The van der Waals surface area contributed by atoms with Gasteiger partial charge in [-0.3, -0.25) is 4.79 Å². The highest BCUT2D eigenvalue weighted by atomic mass is 32.2. The lowest BCUT2D eigenvalue weighted by Gasteiger charge is -2.11. The van der Waals surface area contributed by atoms with Crippen LogP contribution >= 0.6 is 23.1 Å². The highest BCUT2D eigenvalue weighted by molar-refractivity contribution is 8.00. The second kappa shape index (κ2) is 7.60. The van der Waals surface area contributed by atoms with Gasteiger partial charge in [0.1, 0.15) is 15.7 Å². The van der Waals surface area contributed by atoms with Gasteiger partial charge in [-0.25, -0.2) is 9.97 Å². The SMILES string of the molecule is CCc1nc(SCC(=O)NC[C@H]2CCCO2)c2c3c(sc2n1)CCC3. The first kappa shape index (κ1) is 17.2. The van der Waals surface area contributed by atoms with Gasteiger partial charge in [0, 0.05) is 29.8 Å². The molecule has 2 aliphatic rings. The Kier molecular flexibility index (Phi) is 5.24.